The summed E-state index contributed by atoms with van der Waals surface area (Å²) in [4.78, 5) is 0. The van der Waals surface area contributed by atoms with Crippen LogP contribution in [0.1, 0.15) is 11.3 Å². The minimum atomic E-state index is 0.563. The highest BCUT2D eigenvalue weighted by atomic mass is 16.4. The largest absolute Gasteiger partial charge is 0.410 e. The van der Waals surface area contributed by atoms with E-state index in [0.717, 1.165) is 11.3 Å². The molecule has 2 rings (SSSR count). The van der Waals surface area contributed by atoms with Gasteiger partial charge in [-0.05, 0) is 0 Å². The summed E-state index contributed by atoms with van der Waals surface area (Å²) < 4.78 is 2.04. The minimum Gasteiger partial charge on any atom is -0.410 e. The van der Waals surface area contributed by atoms with Crippen molar-refractivity contribution in [2.24, 2.45) is 5.16 Å². The standard InChI is InChI=1S/C14H14N2O/c1-12-7-5-6-10-16(12)11-14(15-17)13-8-3-2-4-9-13/h2-10H,11H2,1H3/p+1. The van der Waals surface area contributed by atoms with E-state index in [0.29, 0.717) is 12.3 Å². The second kappa shape index (κ2) is 5.25. The van der Waals surface area contributed by atoms with Crippen LogP contribution in [0.4, 0.5) is 0 Å². The second-order valence-electron chi connectivity index (χ2n) is 3.88. The Morgan fingerprint density at radius 1 is 1.12 bits per heavy atom. The van der Waals surface area contributed by atoms with Crippen LogP contribution in [0.15, 0.2) is 59.9 Å². The molecule has 1 aromatic heterocycles. The van der Waals surface area contributed by atoms with Crippen molar-refractivity contribution in [3.05, 3.63) is 66.0 Å². The molecule has 0 bridgehead atoms. The molecule has 0 saturated heterocycles. The van der Waals surface area contributed by atoms with E-state index in [4.69, 9.17) is 5.21 Å². The first kappa shape index (κ1) is 11.3. The molecule has 0 radical (unpaired) electrons. The summed E-state index contributed by atoms with van der Waals surface area (Å²) in [5.74, 6) is 0. The van der Waals surface area contributed by atoms with Crippen molar-refractivity contribution in [3.63, 3.8) is 0 Å². The third-order valence-electron chi connectivity index (χ3n) is 2.72. The van der Waals surface area contributed by atoms with Crippen molar-refractivity contribution in [3.8, 4) is 0 Å². The Hall–Kier alpha value is -2.16. The van der Waals surface area contributed by atoms with Crippen LogP contribution in [0.3, 0.4) is 0 Å². The normalized spacial score (nSPS) is 11.5. The van der Waals surface area contributed by atoms with Gasteiger partial charge >= 0.3 is 0 Å². The SMILES string of the molecule is Cc1cccc[n+]1CC(=NO)c1ccccc1. The first-order chi connectivity index (χ1) is 8.31. The van der Waals surface area contributed by atoms with E-state index < -0.39 is 0 Å². The van der Waals surface area contributed by atoms with E-state index in [1.165, 1.54) is 0 Å². The number of benzene rings is 1. The molecule has 1 N–H and O–H groups in total. The molecule has 0 unspecified atom stereocenters. The third kappa shape index (κ3) is 2.69. The predicted octanol–water partition coefficient (Wildman–Crippen LogP) is 2.16. The van der Waals surface area contributed by atoms with Crippen LogP contribution in [0.25, 0.3) is 0 Å². The molecule has 2 aromatic rings. The quantitative estimate of drug-likeness (QED) is 0.371. The molecule has 3 heteroatoms. The van der Waals surface area contributed by atoms with Crippen LogP contribution in [0.5, 0.6) is 0 Å². The fourth-order valence-electron chi connectivity index (χ4n) is 1.71. The van der Waals surface area contributed by atoms with E-state index in [2.05, 4.69) is 5.16 Å². The van der Waals surface area contributed by atoms with Crippen LogP contribution in [0, 0.1) is 6.92 Å². The Labute approximate surface area is 101 Å². The number of nitrogens with zero attached hydrogens (tertiary/aromatic N) is 2. The highest BCUT2D eigenvalue weighted by Crippen LogP contribution is 2.01. The van der Waals surface area contributed by atoms with Crippen LogP contribution in [-0.4, -0.2) is 10.9 Å². The number of pyridine rings is 1. The average Bonchev–Trinajstić information content (AvgIpc) is 2.39. The van der Waals surface area contributed by atoms with Crippen molar-refractivity contribution in [2.75, 3.05) is 0 Å². The molecule has 0 spiro atoms. The Morgan fingerprint density at radius 2 is 1.82 bits per heavy atom. The van der Waals surface area contributed by atoms with E-state index >= 15 is 0 Å². The lowest BCUT2D eigenvalue weighted by molar-refractivity contribution is -0.687. The predicted molar refractivity (Wildman–Crippen MR) is 66.1 cm³/mol. The molecule has 0 aliphatic rings. The third-order valence-corrected chi connectivity index (χ3v) is 2.72. The first-order valence-electron chi connectivity index (χ1n) is 5.52. The Kier molecular flexibility index (Phi) is 3.50. The highest BCUT2D eigenvalue weighted by Gasteiger charge is 2.12. The van der Waals surface area contributed by atoms with Gasteiger partial charge in [0, 0.05) is 24.6 Å². The molecule has 0 fully saturated rings. The topological polar surface area (TPSA) is 36.5 Å². The molecule has 0 amide bonds. The molecule has 0 aliphatic carbocycles. The van der Waals surface area contributed by atoms with Crippen molar-refractivity contribution >= 4 is 5.71 Å². The van der Waals surface area contributed by atoms with Crippen LogP contribution in [-0.2, 0) is 6.54 Å². The van der Waals surface area contributed by atoms with E-state index in [-0.39, 0.29) is 0 Å². The Morgan fingerprint density at radius 3 is 2.47 bits per heavy atom. The van der Waals surface area contributed by atoms with Gasteiger partial charge < -0.3 is 5.21 Å². The maximum Gasteiger partial charge on any atom is 0.194 e. The van der Waals surface area contributed by atoms with Crippen LogP contribution >= 0.6 is 0 Å². The number of oxime groups is 1. The number of hydrogen-bond donors (Lipinski definition) is 1. The lowest BCUT2D eigenvalue weighted by Crippen LogP contribution is -2.40. The summed E-state index contributed by atoms with van der Waals surface area (Å²) in [6.07, 6.45) is 1.98. The van der Waals surface area contributed by atoms with Crippen LogP contribution in [0.2, 0.25) is 0 Å². The van der Waals surface area contributed by atoms with Gasteiger partial charge in [0.05, 0.1) is 0 Å². The maximum atomic E-state index is 9.11. The van der Waals surface area contributed by atoms with Gasteiger partial charge in [-0.2, -0.15) is 4.57 Å². The summed E-state index contributed by atoms with van der Waals surface area (Å²) in [5, 5.41) is 12.5. The van der Waals surface area contributed by atoms with Crippen molar-refractivity contribution < 1.29 is 9.77 Å². The Bertz CT molecular complexity index is 521. The van der Waals surface area contributed by atoms with Gasteiger partial charge in [0.1, 0.15) is 0 Å². The van der Waals surface area contributed by atoms with E-state index in [1.807, 2.05) is 66.2 Å². The number of rotatable bonds is 3. The highest BCUT2D eigenvalue weighted by molar-refractivity contribution is 5.99. The minimum absolute atomic E-state index is 0.563. The zero-order valence-electron chi connectivity index (χ0n) is 9.74. The molecular formula is C14H15N2O+. The number of hydrogen-bond acceptors (Lipinski definition) is 2. The zero-order chi connectivity index (χ0) is 12.1. The summed E-state index contributed by atoms with van der Waals surface area (Å²) in [5.41, 5.74) is 2.72. The van der Waals surface area contributed by atoms with Crippen LogP contribution < -0.4 is 4.57 Å². The van der Waals surface area contributed by atoms with Gasteiger partial charge in [0.15, 0.2) is 24.1 Å². The van der Waals surface area contributed by atoms with E-state index in [9.17, 15) is 0 Å². The van der Waals surface area contributed by atoms with Crippen molar-refractivity contribution in [2.45, 2.75) is 13.5 Å². The second-order valence-corrected chi connectivity index (χ2v) is 3.88. The monoisotopic (exact) mass is 227 g/mol. The molecule has 17 heavy (non-hydrogen) atoms. The summed E-state index contributed by atoms with van der Waals surface area (Å²) >= 11 is 0. The summed E-state index contributed by atoms with van der Waals surface area (Å²) in [6, 6.07) is 15.7. The first-order valence-corrected chi connectivity index (χ1v) is 5.52. The number of aryl methyl sites for hydroxylation is 1. The maximum absolute atomic E-state index is 9.11. The van der Waals surface area contributed by atoms with E-state index in [1.54, 1.807) is 0 Å². The fourth-order valence-corrected chi connectivity index (χ4v) is 1.71. The fraction of sp³-hybridized carbons (Fsp3) is 0.143. The Balaban J connectivity index is 2.26. The van der Waals surface area contributed by atoms with Crippen molar-refractivity contribution in [1.29, 1.82) is 0 Å². The molecule has 0 saturated carbocycles. The zero-order valence-corrected chi connectivity index (χ0v) is 9.74. The van der Waals surface area contributed by atoms with Gasteiger partial charge in [-0.3, -0.25) is 0 Å². The molecule has 1 aromatic carbocycles. The van der Waals surface area contributed by atoms with Gasteiger partial charge in [-0.25, -0.2) is 0 Å². The lowest BCUT2D eigenvalue weighted by atomic mass is 10.1. The lowest BCUT2D eigenvalue weighted by Gasteiger charge is -2.03. The molecule has 0 atom stereocenters. The summed E-state index contributed by atoms with van der Waals surface area (Å²) in [6.45, 7) is 2.59. The smallest absolute Gasteiger partial charge is 0.194 e. The number of aromatic nitrogens is 1. The summed E-state index contributed by atoms with van der Waals surface area (Å²) in [7, 11) is 0. The van der Waals surface area contributed by atoms with Gasteiger partial charge in [0.2, 0.25) is 0 Å². The van der Waals surface area contributed by atoms with Gasteiger partial charge in [0.25, 0.3) is 0 Å². The average molecular weight is 227 g/mol. The molecule has 1 heterocycles. The molecule has 86 valence electrons. The molecule has 0 aliphatic heterocycles. The van der Waals surface area contributed by atoms with Gasteiger partial charge in [-0.1, -0.05) is 41.6 Å². The molecule has 3 nitrogen and oxygen atoms in total. The van der Waals surface area contributed by atoms with Gasteiger partial charge in [-0.15, -0.1) is 0 Å². The molecular weight excluding hydrogens is 212 g/mol. The van der Waals surface area contributed by atoms with Crippen molar-refractivity contribution in [1.82, 2.24) is 0 Å².